The Morgan fingerprint density at radius 3 is 2.23 bits per heavy atom. The summed E-state index contributed by atoms with van der Waals surface area (Å²) in [5, 5.41) is 0.211. The minimum atomic E-state index is -1.74. The van der Waals surface area contributed by atoms with Crippen LogP contribution in [0, 0.1) is 11.3 Å². The monoisotopic (exact) mass is 578 g/mol. The predicted molar refractivity (Wildman–Crippen MR) is 168 cm³/mol. The average molecular weight is 579 g/mol. The van der Waals surface area contributed by atoms with Crippen LogP contribution >= 0.6 is 0 Å². The van der Waals surface area contributed by atoms with E-state index in [1.165, 1.54) is 0 Å². The smallest absolute Gasteiger partial charge is 0.311 e. The number of ether oxygens (including phenoxy) is 4. The molecule has 0 N–H and O–H groups in total. The van der Waals surface area contributed by atoms with Crippen LogP contribution in [0.2, 0.25) is 18.1 Å². The van der Waals surface area contributed by atoms with Gasteiger partial charge in [0.1, 0.15) is 6.61 Å². The summed E-state index contributed by atoms with van der Waals surface area (Å²) in [6.45, 7) is 25.9. The van der Waals surface area contributed by atoms with Gasteiger partial charge in [-0.2, -0.15) is 0 Å². The molecule has 1 heterocycles. The molecule has 2 unspecified atom stereocenters. The number of carbonyl (C=O) groups is 1. The molecule has 0 saturated carbocycles. The van der Waals surface area contributed by atoms with Crippen LogP contribution in [0.1, 0.15) is 82.1 Å². The Morgan fingerprint density at radius 1 is 1.02 bits per heavy atom. The molecule has 1 aliphatic rings. The van der Waals surface area contributed by atoms with Crippen LogP contribution in [-0.2, 0) is 28.2 Å². The van der Waals surface area contributed by atoms with Crippen molar-refractivity contribution in [2.24, 2.45) is 11.3 Å². The van der Waals surface area contributed by atoms with Gasteiger partial charge in [0.15, 0.2) is 14.1 Å². The second kappa shape index (κ2) is 15.6. The molecule has 0 aromatic carbocycles. The number of allylic oxidation sites excluding steroid dienone is 4. The van der Waals surface area contributed by atoms with E-state index in [1.807, 2.05) is 65.8 Å². The summed E-state index contributed by atoms with van der Waals surface area (Å²) in [6, 6.07) is 0. The summed E-state index contributed by atoms with van der Waals surface area (Å²) in [5.41, 5.74) is 0.533. The maximum atomic E-state index is 12.1. The normalized spacial score (nSPS) is 23.8. The first-order valence-electron chi connectivity index (χ1n) is 14.7. The van der Waals surface area contributed by atoms with Crippen molar-refractivity contribution < 1.29 is 28.2 Å². The van der Waals surface area contributed by atoms with Gasteiger partial charge in [-0.05, 0) is 84.2 Å². The SMILES string of the molecule is CO[C@@H](/C=C/C=C/C=C/CC1OC(C)(C)OC(/C(C)=C\COC(=O)C(C)(C)C)[C@H]1C)CCO[Si](C)(C)C(C)(C)C. The van der Waals surface area contributed by atoms with E-state index < -0.39 is 19.5 Å². The topological polar surface area (TPSA) is 63.2 Å². The van der Waals surface area contributed by atoms with Crippen LogP contribution in [0.15, 0.2) is 48.1 Å². The van der Waals surface area contributed by atoms with Gasteiger partial charge in [-0.1, -0.05) is 64.2 Å². The second-order valence-electron chi connectivity index (χ2n) is 13.9. The van der Waals surface area contributed by atoms with E-state index in [0.29, 0.717) is 6.61 Å². The van der Waals surface area contributed by atoms with Gasteiger partial charge in [0.25, 0.3) is 0 Å². The molecule has 6 nitrogen and oxygen atoms in total. The standard InChI is InChI=1S/C33H58O6Si/c1-25(21-23-36-30(34)31(3,4)5)29-26(2)28(38-33(9,10)39-29)20-18-16-14-15-17-19-27(35-11)22-24-37-40(12,13)32(6,7)8/h14-19,21,26-29H,20,22-24H2,1-13H3/b15-14+,18-16+,19-17+,25-21-/t26-,27-,28?,29?/m0/s1. The third kappa shape index (κ3) is 12.6. The lowest BCUT2D eigenvalue weighted by molar-refractivity contribution is -0.310. The zero-order chi connectivity index (χ0) is 30.8. The lowest BCUT2D eigenvalue weighted by atomic mass is 9.89. The van der Waals surface area contributed by atoms with Gasteiger partial charge in [0.2, 0.25) is 0 Å². The van der Waals surface area contributed by atoms with Crippen molar-refractivity contribution in [1.29, 1.82) is 0 Å². The molecule has 0 amide bonds. The summed E-state index contributed by atoms with van der Waals surface area (Å²) < 4.78 is 29.8. The number of esters is 1. The highest BCUT2D eigenvalue weighted by Gasteiger charge is 2.41. The van der Waals surface area contributed by atoms with Gasteiger partial charge >= 0.3 is 5.97 Å². The largest absolute Gasteiger partial charge is 0.461 e. The molecule has 0 spiro atoms. The summed E-state index contributed by atoms with van der Waals surface area (Å²) in [6.07, 6.45) is 15.8. The van der Waals surface area contributed by atoms with Gasteiger partial charge in [0.05, 0.1) is 23.7 Å². The summed E-state index contributed by atoms with van der Waals surface area (Å²) in [5.74, 6) is -0.765. The van der Waals surface area contributed by atoms with E-state index in [0.717, 1.165) is 18.4 Å². The molecule has 1 rings (SSSR count). The maximum absolute atomic E-state index is 12.1. The Labute approximate surface area is 246 Å². The fourth-order valence-electron chi connectivity index (χ4n) is 4.01. The molecule has 7 heteroatoms. The first-order chi connectivity index (χ1) is 18.3. The quantitative estimate of drug-likeness (QED) is 0.0951. The average Bonchev–Trinajstić information content (AvgIpc) is 2.82. The van der Waals surface area contributed by atoms with E-state index in [2.05, 4.69) is 59.0 Å². The van der Waals surface area contributed by atoms with E-state index in [4.69, 9.17) is 23.4 Å². The van der Waals surface area contributed by atoms with E-state index >= 15 is 0 Å². The van der Waals surface area contributed by atoms with Crippen LogP contribution < -0.4 is 0 Å². The summed E-state index contributed by atoms with van der Waals surface area (Å²) in [4.78, 5) is 12.1. The van der Waals surface area contributed by atoms with E-state index in [-0.39, 0.29) is 41.8 Å². The first kappa shape index (κ1) is 36.5. The number of methoxy groups -OCH3 is 1. The van der Waals surface area contributed by atoms with Gasteiger partial charge in [0, 0.05) is 19.6 Å². The van der Waals surface area contributed by atoms with E-state index in [9.17, 15) is 4.79 Å². The molecule has 40 heavy (non-hydrogen) atoms. The molecule has 0 radical (unpaired) electrons. The Hall–Kier alpha value is -1.51. The molecule has 1 saturated heterocycles. The zero-order valence-corrected chi connectivity index (χ0v) is 28.6. The first-order valence-corrected chi connectivity index (χ1v) is 17.6. The molecule has 4 atom stereocenters. The Morgan fingerprint density at radius 2 is 1.65 bits per heavy atom. The molecule has 1 fully saturated rings. The van der Waals surface area contributed by atoms with Crippen molar-refractivity contribution in [3.8, 4) is 0 Å². The number of hydrogen-bond donors (Lipinski definition) is 0. The van der Waals surface area contributed by atoms with Crippen molar-refractivity contribution in [3.05, 3.63) is 48.1 Å². The molecule has 1 aliphatic heterocycles. The van der Waals surface area contributed by atoms with Crippen LogP contribution in [0.25, 0.3) is 0 Å². The molecular weight excluding hydrogens is 520 g/mol. The molecule has 230 valence electrons. The van der Waals surface area contributed by atoms with Crippen molar-refractivity contribution in [2.75, 3.05) is 20.3 Å². The van der Waals surface area contributed by atoms with Gasteiger partial charge in [-0.15, -0.1) is 0 Å². The van der Waals surface area contributed by atoms with Crippen molar-refractivity contribution in [3.63, 3.8) is 0 Å². The van der Waals surface area contributed by atoms with Crippen molar-refractivity contribution >= 4 is 14.3 Å². The highest BCUT2D eigenvalue weighted by molar-refractivity contribution is 6.74. The maximum Gasteiger partial charge on any atom is 0.311 e. The van der Waals surface area contributed by atoms with Crippen LogP contribution in [0.5, 0.6) is 0 Å². The van der Waals surface area contributed by atoms with Crippen molar-refractivity contribution in [2.45, 2.75) is 124 Å². The molecule has 0 aromatic heterocycles. The number of hydrogen-bond acceptors (Lipinski definition) is 6. The Kier molecular flexibility index (Phi) is 14.3. The zero-order valence-electron chi connectivity index (χ0n) is 27.6. The van der Waals surface area contributed by atoms with Gasteiger partial charge in [-0.25, -0.2) is 0 Å². The lowest BCUT2D eigenvalue weighted by Crippen LogP contribution is -2.50. The second-order valence-corrected chi connectivity index (χ2v) is 18.7. The van der Waals surface area contributed by atoms with Crippen LogP contribution in [0.4, 0.5) is 0 Å². The minimum Gasteiger partial charge on any atom is -0.461 e. The highest BCUT2D eigenvalue weighted by atomic mass is 28.4. The number of carbonyl (C=O) groups excluding carboxylic acids is 1. The molecular formula is C33H58O6Si. The number of rotatable bonds is 13. The Balaban J connectivity index is 2.63. The van der Waals surface area contributed by atoms with Crippen molar-refractivity contribution in [1.82, 2.24) is 0 Å². The lowest BCUT2D eigenvalue weighted by Gasteiger charge is -2.45. The third-order valence-corrected chi connectivity index (χ3v) is 12.3. The fraction of sp³-hybridized carbons (Fsp3) is 0.727. The molecule has 0 aromatic rings. The molecule has 0 bridgehead atoms. The summed E-state index contributed by atoms with van der Waals surface area (Å²) in [7, 11) is 0.00475. The Bertz CT molecular complexity index is 901. The van der Waals surface area contributed by atoms with E-state index in [1.54, 1.807) is 7.11 Å². The minimum absolute atomic E-state index is 0.00758. The van der Waals surface area contributed by atoms with Gasteiger partial charge in [-0.3, -0.25) is 4.79 Å². The van der Waals surface area contributed by atoms with Gasteiger partial charge < -0.3 is 23.4 Å². The highest BCUT2D eigenvalue weighted by Crippen LogP contribution is 2.37. The predicted octanol–water partition coefficient (Wildman–Crippen LogP) is 8.16. The van der Waals surface area contributed by atoms with Crippen LogP contribution in [0.3, 0.4) is 0 Å². The summed E-state index contributed by atoms with van der Waals surface area (Å²) >= 11 is 0. The fourth-order valence-corrected chi connectivity index (χ4v) is 5.07. The third-order valence-electron chi connectivity index (χ3n) is 7.73. The molecule has 0 aliphatic carbocycles. The van der Waals surface area contributed by atoms with Crippen LogP contribution in [-0.4, -0.2) is 58.7 Å².